The molecule has 4 aromatic heterocycles. The number of nitrogens with zero attached hydrogens (tertiary/aromatic N) is 7. The average Bonchev–Trinajstić information content (AvgIpc) is 3.32. The van der Waals surface area contributed by atoms with Gasteiger partial charge in [0, 0.05) is 32.8 Å². The SMILES string of the molecule is COCC1(n2c(CS(=O)(=O)[C@@H](C)[C@H](OC)c3ncc(Cl)cn3)nnc2-c2cnn3ccccc23)CC1. The first-order valence-corrected chi connectivity index (χ1v) is 13.5. The lowest BCUT2D eigenvalue weighted by molar-refractivity contribution is 0.0948. The van der Waals surface area contributed by atoms with Gasteiger partial charge in [0.2, 0.25) is 0 Å². The first-order chi connectivity index (χ1) is 17.3. The smallest absolute Gasteiger partial charge is 0.168 e. The number of ether oxygens (including phenoxy) is 2. The zero-order chi connectivity index (χ0) is 25.5. The fraction of sp³-hybridized carbons (Fsp3) is 0.435. The number of halogens is 1. The standard InChI is InChI=1S/C23H26ClN7O4S/c1-15(20(35-3)21-25-10-16(24)11-26-21)36(32,33)13-19-28-29-22(31(19)23(7-8-23)14-34-2)17-12-27-30-9-5-4-6-18(17)30/h4-6,9-12,15,20H,7-8,13-14H2,1-3H3/t15-,20-/m0/s1. The van der Waals surface area contributed by atoms with Crippen molar-refractivity contribution in [3.63, 3.8) is 0 Å². The Morgan fingerprint density at radius 1 is 1.14 bits per heavy atom. The van der Waals surface area contributed by atoms with E-state index in [4.69, 9.17) is 21.1 Å². The number of rotatable bonds is 10. The molecule has 1 saturated carbocycles. The Bertz CT molecular complexity index is 1480. The molecule has 0 saturated heterocycles. The lowest BCUT2D eigenvalue weighted by Crippen LogP contribution is -2.32. The molecule has 0 unspecified atom stereocenters. The molecule has 36 heavy (non-hydrogen) atoms. The van der Waals surface area contributed by atoms with E-state index in [-0.39, 0.29) is 11.6 Å². The van der Waals surface area contributed by atoms with Crippen LogP contribution in [-0.4, -0.2) is 68.8 Å². The van der Waals surface area contributed by atoms with Gasteiger partial charge in [-0.15, -0.1) is 10.2 Å². The van der Waals surface area contributed by atoms with E-state index >= 15 is 0 Å². The summed E-state index contributed by atoms with van der Waals surface area (Å²) < 4.78 is 41.9. The molecular weight excluding hydrogens is 506 g/mol. The summed E-state index contributed by atoms with van der Waals surface area (Å²) in [7, 11) is -0.713. The number of fused-ring (bicyclic) bond motifs is 1. The Kier molecular flexibility index (Phi) is 6.54. The molecule has 0 aliphatic heterocycles. The highest BCUT2D eigenvalue weighted by atomic mass is 35.5. The van der Waals surface area contributed by atoms with Crippen molar-refractivity contribution in [2.75, 3.05) is 20.8 Å². The van der Waals surface area contributed by atoms with E-state index in [0.717, 1.165) is 23.9 Å². The Morgan fingerprint density at radius 3 is 2.56 bits per heavy atom. The normalized spacial score (nSPS) is 16.8. The van der Waals surface area contributed by atoms with Crippen molar-refractivity contribution in [3.05, 3.63) is 59.7 Å². The molecule has 11 nitrogen and oxygen atoms in total. The Balaban J connectivity index is 1.54. The van der Waals surface area contributed by atoms with Crippen LogP contribution in [0.4, 0.5) is 0 Å². The van der Waals surface area contributed by atoms with Crippen molar-refractivity contribution in [1.82, 2.24) is 34.3 Å². The molecule has 13 heteroatoms. The molecule has 1 aliphatic carbocycles. The minimum Gasteiger partial charge on any atom is -0.382 e. The largest absolute Gasteiger partial charge is 0.382 e. The number of sulfone groups is 1. The number of methoxy groups -OCH3 is 2. The molecule has 1 aliphatic rings. The topological polar surface area (TPSA) is 126 Å². The van der Waals surface area contributed by atoms with Crippen LogP contribution >= 0.6 is 11.6 Å². The summed E-state index contributed by atoms with van der Waals surface area (Å²) in [6.45, 7) is 2.00. The zero-order valence-electron chi connectivity index (χ0n) is 20.1. The predicted molar refractivity (Wildman–Crippen MR) is 132 cm³/mol. The van der Waals surface area contributed by atoms with Crippen LogP contribution < -0.4 is 0 Å². The summed E-state index contributed by atoms with van der Waals surface area (Å²) >= 11 is 5.89. The summed E-state index contributed by atoms with van der Waals surface area (Å²) in [5.41, 5.74) is 1.21. The van der Waals surface area contributed by atoms with Crippen LogP contribution in [0.5, 0.6) is 0 Å². The van der Waals surface area contributed by atoms with E-state index in [1.54, 1.807) is 24.7 Å². The van der Waals surface area contributed by atoms with Gasteiger partial charge in [0.15, 0.2) is 21.5 Å². The third kappa shape index (κ3) is 4.38. The van der Waals surface area contributed by atoms with Crippen LogP contribution in [0, 0.1) is 0 Å². The van der Waals surface area contributed by atoms with E-state index in [9.17, 15) is 8.42 Å². The number of pyridine rings is 1. The minimum atomic E-state index is -3.77. The van der Waals surface area contributed by atoms with Gasteiger partial charge < -0.3 is 14.0 Å². The third-order valence-electron chi connectivity index (χ3n) is 6.58. The number of hydrogen-bond acceptors (Lipinski definition) is 9. The second kappa shape index (κ2) is 9.51. The molecule has 0 bridgehead atoms. The lowest BCUT2D eigenvalue weighted by atomic mass is 10.2. The molecular formula is C23H26ClN7O4S. The molecule has 0 N–H and O–H groups in total. The van der Waals surface area contributed by atoms with Gasteiger partial charge in [-0.3, -0.25) is 0 Å². The monoisotopic (exact) mass is 531 g/mol. The van der Waals surface area contributed by atoms with Crippen molar-refractivity contribution in [2.45, 2.75) is 42.4 Å². The second-order valence-corrected chi connectivity index (χ2v) is 11.7. The Morgan fingerprint density at radius 2 is 1.89 bits per heavy atom. The quantitative estimate of drug-likeness (QED) is 0.303. The summed E-state index contributed by atoms with van der Waals surface area (Å²) in [6.07, 6.45) is 7.17. The van der Waals surface area contributed by atoms with Gasteiger partial charge in [0.25, 0.3) is 0 Å². The van der Waals surface area contributed by atoms with Crippen molar-refractivity contribution < 1.29 is 17.9 Å². The van der Waals surface area contributed by atoms with Gasteiger partial charge in [-0.05, 0) is 31.9 Å². The Hall–Kier alpha value is -2.93. The second-order valence-electron chi connectivity index (χ2n) is 8.95. The summed E-state index contributed by atoms with van der Waals surface area (Å²) in [5.74, 6) is 0.810. The van der Waals surface area contributed by atoms with Gasteiger partial charge in [0.1, 0.15) is 17.7 Å². The van der Waals surface area contributed by atoms with E-state index in [1.165, 1.54) is 19.5 Å². The summed E-state index contributed by atoms with van der Waals surface area (Å²) in [5, 5.41) is 12.6. The molecule has 5 rings (SSSR count). The maximum Gasteiger partial charge on any atom is 0.168 e. The zero-order valence-corrected chi connectivity index (χ0v) is 21.6. The highest BCUT2D eigenvalue weighted by molar-refractivity contribution is 7.91. The average molecular weight is 532 g/mol. The van der Waals surface area contributed by atoms with Crippen molar-refractivity contribution in [3.8, 4) is 11.4 Å². The molecule has 0 aromatic carbocycles. The molecule has 4 aromatic rings. The van der Waals surface area contributed by atoms with Crippen molar-refractivity contribution in [2.24, 2.45) is 0 Å². The summed E-state index contributed by atoms with van der Waals surface area (Å²) in [6, 6.07) is 5.74. The predicted octanol–water partition coefficient (Wildman–Crippen LogP) is 2.86. The molecule has 0 radical (unpaired) electrons. The maximum atomic E-state index is 13.6. The van der Waals surface area contributed by atoms with Crippen molar-refractivity contribution >= 4 is 27.0 Å². The number of aromatic nitrogens is 7. The van der Waals surface area contributed by atoms with Gasteiger partial charge >= 0.3 is 0 Å². The Labute approximate surface area is 213 Å². The van der Waals surface area contributed by atoms with Gasteiger partial charge in [-0.2, -0.15) is 5.10 Å². The van der Waals surface area contributed by atoms with Crippen LogP contribution in [0.25, 0.3) is 16.9 Å². The van der Waals surface area contributed by atoms with Gasteiger partial charge in [-0.25, -0.2) is 22.9 Å². The molecule has 2 atom stereocenters. The van der Waals surface area contributed by atoms with Gasteiger partial charge in [-0.1, -0.05) is 17.7 Å². The van der Waals surface area contributed by atoms with Crippen LogP contribution in [0.15, 0.2) is 43.0 Å². The highest BCUT2D eigenvalue weighted by Crippen LogP contribution is 2.47. The lowest BCUT2D eigenvalue weighted by Gasteiger charge is -2.23. The fourth-order valence-corrected chi connectivity index (χ4v) is 6.03. The molecule has 1 fully saturated rings. The molecule has 4 heterocycles. The molecule has 0 amide bonds. The third-order valence-corrected chi connectivity index (χ3v) is 8.82. The van der Waals surface area contributed by atoms with Crippen molar-refractivity contribution in [1.29, 1.82) is 0 Å². The van der Waals surface area contributed by atoms with Crippen LogP contribution in [0.3, 0.4) is 0 Å². The van der Waals surface area contributed by atoms with Crippen LogP contribution in [-0.2, 0) is 30.6 Å². The van der Waals surface area contributed by atoms with E-state index < -0.39 is 26.7 Å². The van der Waals surface area contributed by atoms with Crippen LogP contribution in [0.2, 0.25) is 5.02 Å². The minimum absolute atomic E-state index is 0.240. The van der Waals surface area contributed by atoms with Crippen LogP contribution in [0.1, 0.15) is 37.5 Å². The maximum absolute atomic E-state index is 13.6. The summed E-state index contributed by atoms with van der Waals surface area (Å²) in [4.78, 5) is 8.32. The molecule has 0 spiro atoms. The van der Waals surface area contributed by atoms with E-state index in [1.807, 2.05) is 29.0 Å². The first-order valence-electron chi connectivity index (χ1n) is 11.4. The van der Waals surface area contributed by atoms with E-state index in [2.05, 4.69) is 25.3 Å². The molecule has 190 valence electrons. The first kappa shape index (κ1) is 24.8. The van der Waals surface area contributed by atoms with E-state index in [0.29, 0.717) is 23.3 Å². The highest BCUT2D eigenvalue weighted by Gasteiger charge is 2.49. The fourth-order valence-electron chi connectivity index (χ4n) is 4.51. The number of hydrogen-bond donors (Lipinski definition) is 0. The van der Waals surface area contributed by atoms with Gasteiger partial charge in [0.05, 0.1) is 39.7 Å².